The summed E-state index contributed by atoms with van der Waals surface area (Å²) >= 11 is 0. The highest BCUT2D eigenvalue weighted by Gasteiger charge is 2.20. The van der Waals surface area contributed by atoms with Gasteiger partial charge >= 0.3 is 0 Å². The molecule has 1 fully saturated rings. The molecule has 0 amide bonds. The van der Waals surface area contributed by atoms with Gasteiger partial charge in [-0.3, -0.25) is 0 Å². The van der Waals surface area contributed by atoms with Crippen LogP contribution in [-0.4, -0.2) is 38.1 Å². The van der Waals surface area contributed by atoms with Crippen LogP contribution < -0.4 is 16.2 Å². The second-order valence-corrected chi connectivity index (χ2v) is 7.52. The van der Waals surface area contributed by atoms with Crippen LogP contribution in [0, 0.1) is 0 Å². The molecule has 1 aromatic carbocycles. The van der Waals surface area contributed by atoms with Crippen LogP contribution in [0.15, 0.2) is 35.2 Å². The fourth-order valence-electron chi connectivity index (χ4n) is 2.73. The van der Waals surface area contributed by atoms with Crippen molar-refractivity contribution in [1.29, 1.82) is 0 Å². The largest absolute Gasteiger partial charge is 0.381 e. The number of aromatic nitrogens is 2. The molecule has 134 valence electrons. The van der Waals surface area contributed by atoms with Crippen LogP contribution in [0.2, 0.25) is 0 Å². The minimum absolute atomic E-state index is 0.108. The lowest BCUT2D eigenvalue weighted by molar-refractivity contribution is 0.193. The predicted octanol–water partition coefficient (Wildman–Crippen LogP) is 0.865. The molecule has 5 N–H and O–H groups in total. The number of benzene rings is 1. The molecule has 1 aromatic heterocycles. The van der Waals surface area contributed by atoms with Gasteiger partial charge in [0.05, 0.1) is 17.2 Å². The van der Waals surface area contributed by atoms with E-state index in [1.165, 1.54) is 12.1 Å². The molecule has 1 saturated heterocycles. The Balaban J connectivity index is 1.60. The topological polar surface area (TPSA) is 133 Å². The van der Waals surface area contributed by atoms with Crippen LogP contribution in [0.25, 0.3) is 0 Å². The Hall–Kier alpha value is -2.23. The Morgan fingerprint density at radius 2 is 2.00 bits per heavy atom. The lowest BCUT2D eigenvalue weighted by Gasteiger charge is -2.11. The van der Waals surface area contributed by atoms with Crippen molar-refractivity contribution in [2.45, 2.75) is 23.7 Å². The quantitative estimate of drug-likeness (QED) is 0.693. The number of rotatable bonds is 6. The van der Waals surface area contributed by atoms with Gasteiger partial charge in [-0.15, -0.1) is 0 Å². The Labute approximate surface area is 146 Å². The zero-order valence-electron chi connectivity index (χ0n) is 13.7. The summed E-state index contributed by atoms with van der Waals surface area (Å²) in [6.07, 6.45) is 1.64. The van der Waals surface area contributed by atoms with E-state index >= 15 is 0 Å². The van der Waals surface area contributed by atoms with Crippen molar-refractivity contribution >= 4 is 21.8 Å². The average Bonchev–Trinajstić information content (AvgIpc) is 3.08. The van der Waals surface area contributed by atoms with Gasteiger partial charge in [0.25, 0.3) is 0 Å². The summed E-state index contributed by atoms with van der Waals surface area (Å²) in [5.74, 6) is 1.18. The third kappa shape index (κ3) is 4.65. The third-order valence-electron chi connectivity index (χ3n) is 4.08. The first-order valence-corrected chi connectivity index (χ1v) is 9.54. The van der Waals surface area contributed by atoms with Gasteiger partial charge in [0, 0.05) is 25.1 Å². The summed E-state index contributed by atoms with van der Waals surface area (Å²) < 4.78 is 27.9. The number of nitrogens with two attached hydrogens (primary N) is 2. The van der Waals surface area contributed by atoms with E-state index in [2.05, 4.69) is 15.3 Å². The highest BCUT2D eigenvalue weighted by atomic mass is 32.2. The first-order valence-electron chi connectivity index (χ1n) is 7.99. The van der Waals surface area contributed by atoms with Crippen LogP contribution in [0.1, 0.15) is 23.6 Å². The second kappa shape index (κ2) is 7.34. The molecule has 2 heterocycles. The van der Waals surface area contributed by atoms with Crippen LogP contribution in [-0.2, 0) is 21.2 Å². The minimum Gasteiger partial charge on any atom is -0.381 e. The van der Waals surface area contributed by atoms with Crippen LogP contribution in [0.3, 0.4) is 0 Å². The van der Waals surface area contributed by atoms with E-state index in [0.717, 1.165) is 24.3 Å². The summed E-state index contributed by atoms with van der Waals surface area (Å²) in [5, 5.41) is 8.32. The molecule has 8 nitrogen and oxygen atoms in total. The minimum atomic E-state index is -3.66. The maximum Gasteiger partial charge on any atom is 0.238 e. The molecule has 1 atom stereocenters. The standard InChI is InChI=1S/C16H21N5O3S/c17-16-20-14(12-6-8-24-10-12)9-15(21-16)19-7-5-11-1-3-13(4-2-11)25(18,22)23/h1-4,9,12H,5-8,10H2,(H2,18,22,23)(H3,17,19,20,21)/t12-/m0/s1. The Morgan fingerprint density at radius 3 is 2.64 bits per heavy atom. The van der Waals surface area contributed by atoms with E-state index in [0.29, 0.717) is 25.4 Å². The smallest absolute Gasteiger partial charge is 0.238 e. The summed E-state index contributed by atoms with van der Waals surface area (Å²) in [5.41, 5.74) is 7.68. The lowest BCUT2D eigenvalue weighted by atomic mass is 10.0. The number of nitrogen functional groups attached to an aromatic ring is 1. The number of ether oxygens (including phenoxy) is 1. The van der Waals surface area contributed by atoms with Crippen LogP contribution in [0.5, 0.6) is 0 Å². The maximum atomic E-state index is 11.2. The van der Waals surface area contributed by atoms with Crippen molar-refractivity contribution in [1.82, 2.24) is 9.97 Å². The van der Waals surface area contributed by atoms with Gasteiger partial charge in [-0.05, 0) is 30.5 Å². The highest BCUT2D eigenvalue weighted by Crippen LogP contribution is 2.25. The Bertz CT molecular complexity index is 833. The third-order valence-corrected chi connectivity index (χ3v) is 5.01. The van der Waals surface area contributed by atoms with Crippen molar-refractivity contribution in [3.8, 4) is 0 Å². The van der Waals surface area contributed by atoms with Gasteiger partial charge in [0.2, 0.25) is 16.0 Å². The van der Waals surface area contributed by atoms with E-state index in [1.807, 2.05) is 6.07 Å². The molecule has 1 aliphatic rings. The molecule has 0 aliphatic carbocycles. The summed E-state index contributed by atoms with van der Waals surface area (Å²) in [7, 11) is -3.66. The normalized spacial score (nSPS) is 17.6. The van der Waals surface area contributed by atoms with Crippen molar-refractivity contribution in [2.24, 2.45) is 5.14 Å². The molecule has 9 heteroatoms. The average molecular weight is 363 g/mol. The number of nitrogens with one attached hydrogen (secondary N) is 1. The van der Waals surface area contributed by atoms with Crippen molar-refractivity contribution in [3.05, 3.63) is 41.6 Å². The number of nitrogens with zero attached hydrogens (tertiary/aromatic N) is 2. The number of anilines is 2. The molecule has 0 bridgehead atoms. The van der Waals surface area contributed by atoms with Gasteiger partial charge in [-0.2, -0.15) is 4.98 Å². The number of hydrogen-bond donors (Lipinski definition) is 3. The van der Waals surface area contributed by atoms with Gasteiger partial charge in [-0.25, -0.2) is 18.5 Å². The van der Waals surface area contributed by atoms with Crippen LogP contribution in [0.4, 0.5) is 11.8 Å². The fraction of sp³-hybridized carbons (Fsp3) is 0.375. The molecule has 0 saturated carbocycles. The second-order valence-electron chi connectivity index (χ2n) is 5.96. The molecular formula is C16H21N5O3S. The van der Waals surface area contributed by atoms with E-state index < -0.39 is 10.0 Å². The van der Waals surface area contributed by atoms with Crippen molar-refractivity contribution in [3.63, 3.8) is 0 Å². The molecule has 1 aliphatic heterocycles. The lowest BCUT2D eigenvalue weighted by Crippen LogP contribution is -2.12. The molecule has 0 unspecified atom stereocenters. The molecule has 0 radical (unpaired) electrons. The predicted molar refractivity (Wildman–Crippen MR) is 94.6 cm³/mol. The monoisotopic (exact) mass is 363 g/mol. The molecule has 2 aromatic rings. The zero-order valence-corrected chi connectivity index (χ0v) is 14.5. The van der Waals surface area contributed by atoms with Gasteiger partial charge in [-0.1, -0.05) is 12.1 Å². The van der Waals surface area contributed by atoms with E-state index in [1.54, 1.807) is 12.1 Å². The first-order chi connectivity index (χ1) is 11.9. The number of sulfonamides is 1. The Morgan fingerprint density at radius 1 is 1.24 bits per heavy atom. The van der Waals surface area contributed by atoms with E-state index in [9.17, 15) is 8.42 Å². The van der Waals surface area contributed by atoms with Crippen LogP contribution >= 0.6 is 0 Å². The maximum absolute atomic E-state index is 11.2. The van der Waals surface area contributed by atoms with Gasteiger partial charge in [0.1, 0.15) is 5.82 Å². The fourth-order valence-corrected chi connectivity index (χ4v) is 3.25. The molecule has 25 heavy (non-hydrogen) atoms. The van der Waals surface area contributed by atoms with Gasteiger partial charge < -0.3 is 15.8 Å². The molecule has 0 spiro atoms. The van der Waals surface area contributed by atoms with E-state index in [4.69, 9.17) is 15.6 Å². The van der Waals surface area contributed by atoms with Crippen molar-refractivity contribution < 1.29 is 13.2 Å². The number of hydrogen-bond acceptors (Lipinski definition) is 7. The highest BCUT2D eigenvalue weighted by molar-refractivity contribution is 7.89. The summed E-state index contributed by atoms with van der Waals surface area (Å²) in [6, 6.07) is 8.41. The summed E-state index contributed by atoms with van der Waals surface area (Å²) in [4.78, 5) is 8.60. The van der Waals surface area contributed by atoms with E-state index in [-0.39, 0.29) is 16.8 Å². The SMILES string of the molecule is Nc1nc(NCCc2ccc(S(N)(=O)=O)cc2)cc([C@H]2CCOC2)n1. The Kier molecular flexibility index (Phi) is 5.16. The molecule has 3 rings (SSSR count). The van der Waals surface area contributed by atoms with Gasteiger partial charge in [0.15, 0.2) is 0 Å². The van der Waals surface area contributed by atoms with Crippen molar-refractivity contribution in [2.75, 3.05) is 30.8 Å². The zero-order chi connectivity index (χ0) is 17.9. The summed E-state index contributed by atoms with van der Waals surface area (Å²) in [6.45, 7) is 2.03. The number of primary sulfonamides is 1. The first kappa shape index (κ1) is 17.6. The molecular weight excluding hydrogens is 342 g/mol.